The first-order valence-corrected chi connectivity index (χ1v) is 11.4. The molecule has 2 aliphatic rings. The van der Waals surface area contributed by atoms with Gasteiger partial charge in [0.25, 0.3) is 5.91 Å². The van der Waals surface area contributed by atoms with Crippen molar-refractivity contribution in [2.45, 2.75) is 45.8 Å². The van der Waals surface area contributed by atoms with Gasteiger partial charge in [0, 0.05) is 26.2 Å². The predicted octanol–water partition coefficient (Wildman–Crippen LogP) is 1.72. The predicted molar refractivity (Wildman–Crippen MR) is 117 cm³/mol. The third kappa shape index (κ3) is 6.06. The summed E-state index contributed by atoms with van der Waals surface area (Å²) in [4.78, 5) is 34.1. The van der Waals surface area contributed by atoms with E-state index in [0.29, 0.717) is 45.2 Å². The Hall–Kier alpha value is -1.95. The summed E-state index contributed by atoms with van der Waals surface area (Å²) >= 11 is 1.51. The van der Waals surface area contributed by atoms with Crippen LogP contribution in [0, 0.1) is 0 Å². The van der Waals surface area contributed by atoms with E-state index in [9.17, 15) is 9.59 Å². The van der Waals surface area contributed by atoms with E-state index >= 15 is 0 Å². The lowest BCUT2D eigenvalue weighted by molar-refractivity contribution is -0.0118. The number of thiazole rings is 1. The van der Waals surface area contributed by atoms with Crippen molar-refractivity contribution in [1.82, 2.24) is 20.7 Å². The van der Waals surface area contributed by atoms with Crippen molar-refractivity contribution < 1.29 is 23.8 Å². The van der Waals surface area contributed by atoms with Crippen LogP contribution in [0.15, 0.2) is 0 Å². The number of amides is 2. The molecule has 0 unspecified atom stereocenters. The van der Waals surface area contributed by atoms with Gasteiger partial charge in [-0.15, -0.1) is 0 Å². The molecule has 1 aromatic rings. The number of anilines is 1. The van der Waals surface area contributed by atoms with Crippen molar-refractivity contribution in [2.24, 2.45) is 0 Å². The minimum atomic E-state index is -0.724. The number of hydrazine groups is 1. The van der Waals surface area contributed by atoms with E-state index in [1.807, 2.05) is 0 Å². The Morgan fingerprint density at radius 1 is 0.968 bits per heavy atom. The van der Waals surface area contributed by atoms with Gasteiger partial charge in [-0.05, 0) is 34.6 Å². The van der Waals surface area contributed by atoms with Crippen molar-refractivity contribution in [3.8, 4) is 0 Å². The van der Waals surface area contributed by atoms with Crippen LogP contribution >= 0.6 is 11.3 Å². The number of aromatic nitrogens is 1. The summed E-state index contributed by atoms with van der Waals surface area (Å²) in [6, 6.07) is 0. The Labute approximate surface area is 187 Å². The smallest absolute Gasteiger partial charge is 0.426 e. The Balaban J connectivity index is 1.81. The Morgan fingerprint density at radius 3 is 2.13 bits per heavy atom. The molecule has 2 N–H and O–H groups in total. The van der Waals surface area contributed by atoms with Crippen LogP contribution in [0.4, 0.5) is 9.80 Å². The normalized spacial score (nSPS) is 18.5. The number of hydrogen-bond acceptors (Lipinski definition) is 9. The summed E-state index contributed by atoms with van der Waals surface area (Å²) in [5.41, 5.74) is 4.02. The zero-order valence-corrected chi connectivity index (χ0v) is 19.8. The third-order valence-electron chi connectivity index (χ3n) is 5.12. The second-order valence-corrected chi connectivity index (χ2v) is 9.99. The van der Waals surface area contributed by atoms with E-state index < -0.39 is 17.6 Å². The van der Waals surface area contributed by atoms with Crippen molar-refractivity contribution >= 4 is 28.3 Å². The summed E-state index contributed by atoms with van der Waals surface area (Å²) in [5, 5.41) is 1.63. The fourth-order valence-electron chi connectivity index (χ4n) is 3.43. The van der Waals surface area contributed by atoms with E-state index in [-0.39, 0.29) is 5.54 Å². The molecule has 0 aliphatic carbocycles. The van der Waals surface area contributed by atoms with E-state index in [0.717, 1.165) is 23.1 Å². The fourth-order valence-corrected chi connectivity index (χ4v) is 4.68. The number of nitrogens with one attached hydrogen (secondary N) is 2. The maximum atomic E-state index is 13.0. The van der Waals surface area contributed by atoms with Gasteiger partial charge in [0.15, 0.2) is 5.69 Å². The van der Waals surface area contributed by atoms with Gasteiger partial charge in [0.2, 0.25) is 0 Å². The molecular formula is C20H33N5O5S. The van der Waals surface area contributed by atoms with Crippen LogP contribution in [0.1, 0.15) is 50.1 Å². The largest absolute Gasteiger partial charge is 0.443 e. The van der Waals surface area contributed by atoms with Gasteiger partial charge >= 0.3 is 6.09 Å². The minimum absolute atomic E-state index is 0.291. The zero-order valence-electron chi connectivity index (χ0n) is 18.9. The monoisotopic (exact) mass is 455 g/mol. The molecule has 2 saturated heterocycles. The summed E-state index contributed by atoms with van der Waals surface area (Å²) in [6.45, 7) is 15.0. The number of carbonyl (C=O) groups excluding carboxylic acids is 2. The Kier molecular flexibility index (Phi) is 7.40. The molecule has 174 valence electrons. The first-order chi connectivity index (χ1) is 14.6. The molecule has 0 aromatic carbocycles. The highest BCUT2D eigenvalue weighted by molar-refractivity contribution is 7.16. The maximum Gasteiger partial charge on any atom is 0.426 e. The lowest BCUT2D eigenvalue weighted by Crippen LogP contribution is -2.48. The van der Waals surface area contributed by atoms with Crippen LogP contribution < -0.4 is 15.8 Å². The molecular weight excluding hydrogens is 422 g/mol. The van der Waals surface area contributed by atoms with Crippen LogP contribution in [0.2, 0.25) is 0 Å². The summed E-state index contributed by atoms with van der Waals surface area (Å²) in [6.07, 6.45) is -0.724. The van der Waals surface area contributed by atoms with Gasteiger partial charge in [-0.2, -0.15) is 0 Å². The average Bonchev–Trinajstić information content (AvgIpc) is 3.18. The third-order valence-corrected chi connectivity index (χ3v) is 6.55. The second kappa shape index (κ2) is 9.68. The molecule has 2 amide bonds. The van der Waals surface area contributed by atoms with Crippen molar-refractivity contribution in [3.63, 3.8) is 0 Å². The summed E-state index contributed by atoms with van der Waals surface area (Å²) in [7, 11) is 0. The van der Waals surface area contributed by atoms with Gasteiger partial charge in [0.05, 0.1) is 32.0 Å². The summed E-state index contributed by atoms with van der Waals surface area (Å²) < 4.78 is 16.1. The van der Waals surface area contributed by atoms with E-state index in [4.69, 9.17) is 19.2 Å². The minimum Gasteiger partial charge on any atom is -0.443 e. The molecule has 2 aliphatic heterocycles. The molecule has 3 heterocycles. The highest BCUT2D eigenvalue weighted by atomic mass is 32.1. The molecule has 0 spiro atoms. The van der Waals surface area contributed by atoms with Crippen LogP contribution in [0.5, 0.6) is 0 Å². The van der Waals surface area contributed by atoms with Crippen molar-refractivity contribution in [1.29, 1.82) is 0 Å². The molecule has 11 heteroatoms. The number of nitrogens with zero attached hydrogens (tertiary/aromatic N) is 3. The van der Waals surface area contributed by atoms with Crippen molar-refractivity contribution in [3.05, 3.63) is 10.7 Å². The molecule has 1 aromatic heterocycles. The Morgan fingerprint density at radius 2 is 1.55 bits per heavy atom. The summed E-state index contributed by atoms with van der Waals surface area (Å²) in [5.74, 6) is -0.479. The topological polar surface area (TPSA) is 105 Å². The molecule has 2 fully saturated rings. The van der Waals surface area contributed by atoms with E-state index in [2.05, 4.69) is 34.5 Å². The first kappa shape index (κ1) is 23.7. The number of ether oxygens (including phenoxy) is 3. The van der Waals surface area contributed by atoms with E-state index in [1.165, 1.54) is 11.3 Å². The fraction of sp³-hybridized carbons (Fsp3) is 0.750. The van der Waals surface area contributed by atoms with Gasteiger partial charge in [-0.1, -0.05) is 11.3 Å². The quantitative estimate of drug-likeness (QED) is 0.661. The molecule has 10 nitrogen and oxygen atoms in total. The number of morpholine rings is 2. The lowest BCUT2D eigenvalue weighted by Gasteiger charge is -2.39. The second-order valence-electron chi connectivity index (χ2n) is 9.01. The molecule has 0 saturated carbocycles. The average molecular weight is 456 g/mol. The number of rotatable bonds is 4. The number of hydrogen-bond donors (Lipinski definition) is 2. The van der Waals surface area contributed by atoms with Gasteiger partial charge in [0.1, 0.15) is 15.6 Å². The van der Waals surface area contributed by atoms with Crippen LogP contribution in [-0.4, -0.2) is 80.1 Å². The lowest BCUT2D eigenvalue weighted by atomic mass is 10.0. The van der Waals surface area contributed by atoms with Gasteiger partial charge < -0.3 is 19.1 Å². The van der Waals surface area contributed by atoms with Crippen molar-refractivity contribution in [2.75, 3.05) is 57.5 Å². The molecule has 31 heavy (non-hydrogen) atoms. The molecule has 0 bridgehead atoms. The van der Waals surface area contributed by atoms with Crippen LogP contribution in [0.3, 0.4) is 0 Å². The number of carbonyl (C=O) groups is 2. The highest BCUT2D eigenvalue weighted by Crippen LogP contribution is 2.38. The zero-order chi connectivity index (χ0) is 22.6. The van der Waals surface area contributed by atoms with E-state index in [1.54, 1.807) is 20.8 Å². The Bertz CT molecular complexity index is 779. The molecule has 0 radical (unpaired) electrons. The maximum absolute atomic E-state index is 13.0. The van der Waals surface area contributed by atoms with Gasteiger partial charge in [-0.25, -0.2) is 15.2 Å². The standard InChI is InChI=1S/C20H33N5O5S/c1-19(2,3)30-18(27)23-22-15(26)14-16(24-6-10-28-11-7-24)31-17(21-14)20(4,5)25-8-12-29-13-9-25/h6-13H2,1-5H3,(H,22,26)(H,23,27). The van der Waals surface area contributed by atoms with Crippen LogP contribution in [0.25, 0.3) is 0 Å². The SMILES string of the molecule is CC(C)(C)OC(=O)NNC(=O)c1nc(C(C)(C)N2CCOCC2)sc1N1CCOCC1. The van der Waals surface area contributed by atoms with Crippen LogP contribution in [-0.2, 0) is 19.7 Å². The first-order valence-electron chi connectivity index (χ1n) is 10.5. The molecule has 0 atom stereocenters. The highest BCUT2D eigenvalue weighted by Gasteiger charge is 2.36. The van der Waals surface area contributed by atoms with Gasteiger partial charge in [-0.3, -0.25) is 15.1 Å². The molecule has 3 rings (SSSR count).